The molecule has 1 aromatic carbocycles. The van der Waals surface area contributed by atoms with Gasteiger partial charge in [-0.1, -0.05) is 30.3 Å². The molecule has 0 saturated carbocycles. The lowest BCUT2D eigenvalue weighted by Gasteiger charge is -2.23. The van der Waals surface area contributed by atoms with Crippen molar-refractivity contribution in [2.24, 2.45) is 0 Å². The van der Waals surface area contributed by atoms with Crippen LogP contribution >= 0.6 is 0 Å². The van der Waals surface area contributed by atoms with E-state index in [-0.39, 0.29) is 17.0 Å². The quantitative estimate of drug-likeness (QED) is 0.935. The van der Waals surface area contributed by atoms with Gasteiger partial charge in [-0.05, 0) is 51.1 Å². The summed E-state index contributed by atoms with van der Waals surface area (Å²) >= 11 is 0. The van der Waals surface area contributed by atoms with E-state index in [1.165, 1.54) is 0 Å². The largest absolute Gasteiger partial charge is 0.338 e. The van der Waals surface area contributed by atoms with E-state index in [0.717, 1.165) is 30.5 Å². The van der Waals surface area contributed by atoms with Gasteiger partial charge in [0.05, 0.1) is 0 Å². The van der Waals surface area contributed by atoms with Crippen LogP contribution in [0.3, 0.4) is 0 Å². The van der Waals surface area contributed by atoms with Crippen molar-refractivity contribution in [2.75, 3.05) is 27.2 Å². The van der Waals surface area contributed by atoms with Gasteiger partial charge in [-0.2, -0.15) is 0 Å². The summed E-state index contributed by atoms with van der Waals surface area (Å²) in [4.78, 5) is 32.1. The van der Waals surface area contributed by atoms with Crippen LogP contribution in [-0.4, -0.2) is 53.9 Å². The molecule has 1 aliphatic heterocycles. The summed E-state index contributed by atoms with van der Waals surface area (Å²) in [7, 11) is 4.16. The van der Waals surface area contributed by atoms with E-state index in [1.54, 1.807) is 6.07 Å². The van der Waals surface area contributed by atoms with E-state index in [1.807, 2.05) is 41.3 Å². The van der Waals surface area contributed by atoms with E-state index < -0.39 is 0 Å². The number of nitrogens with zero attached hydrogens (tertiary/aromatic N) is 2. The Bertz CT molecular complexity index is 783. The molecule has 1 aromatic heterocycles. The molecule has 5 heteroatoms. The van der Waals surface area contributed by atoms with Crippen molar-refractivity contribution in [2.45, 2.75) is 25.3 Å². The zero-order valence-corrected chi connectivity index (χ0v) is 14.9. The van der Waals surface area contributed by atoms with Crippen LogP contribution in [0.5, 0.6) is 0 Å². The monoisotopic (exact) mass is 339 g/mol. The number of rotatable bonds is 3. The van der Waals surface area contributed by atoms with E-state index >= 15 is 0 Å². The van der Waals surface area contributed by atoms with Crippen molar-refractivity contribution in [1.82, 2.24) is 14.8 Å². The Hall–Kier alpha value is -2.40. The van der Waals surface area contributed by atoms with Crippen LogP contribution in [0.4, 0.5) is 0 Å². The Labute approximate surface area is 148 Å². The van der Waals surface area contributed by atoms with Crippen LogP contribution < -0.4 is 5.56 Å². The van der Waals surface area contributed by atoms with Gasteiger partial charge in [-0.25, -0.2) is 0 Å². The number of hydrogen-bond acceptors (Lipinski definition) is 3. The first-order chi connectivity index (χ1) is 12.1. The Morgan fingerprint density at radius 3 is 2.52 bits per heavy atom. The Balaban J connectivity index is 1.77. The summed E-state index contributed by atoms with van der Waals surface area (Å²) < 4.78 is 0. The molecule has 0 unspecified atom stereocenters. The summed E-state index contributed by atoms with van der Waals surface area (Å²) in [5.74, 6) is -0.166. The molecule has 132 valence electrons. The molecule has 1 N–H and O–H groups in total. The second-order valence-corrected chi connectivity index (χ2v) is 6.82. The molecular weight excluding hydrogens is 314 g/mol. The summed E-state index contributed by atoms with van der Waals surface area (Å²) in [6.45, 7) is 1.41. The summed E-state index contributed by atoms with van der Waals surface area (Å²) in [5.41, 5.74) is 1.57. The second kappa shape index (κ2) is 7.66. The fourth-order valence-corrected chi connectivity index (χ4v) is 3.40. The van der Waals surface area contributed by atoms with Crippen LogP contribution in [0.25, 0.3) is 11.3 Å². The van der Waals surface area contributed by atoms with Gasteiger partial charge in [0, 0.05) is 24.8 Å². The van der Waals surface area contributed by atoms with Gasteiger partial charge in [0.15, 0.2) is 0 Å². The molecule has 0 aliphatic carbocycles. The van der Waals surface area contributed by atoms with Crippen molar-refractivity contribution >= 4 is 5.91 Å². The standard InChI is InChI=1S/C20H25N3O2/c1-22(2)16-9-6-13-23(14-12-16)20(25)17-10-11-18(21-19(17)24)15-7-4-3-5-8-15/h3-5,7-8,10-11,16H,6,9,12-14H2,1-2H3,(H,21,24)/t16-/m0/s1. The average molecular weight is 339 g/mol. The molecule has 3 rings (SSSR count). The molecule has 2 aromatic rings. The number of hydrogen-bond donors (Lipinski definition) is 1. The maximum absolute atomic E-state index is 12.8. The van der Waals surface area contributed by atoms with Crippen LogP contribution in [0, 0.1) is 0 Å². The molecular formula is C20H25N3O2. The fraction of sp³-hybridized carbons (Fsp3) is 0.400. The van der Waals surface area contributed by atoms with Gasteiger partial charge >= 0.3 is 0 Å². The SMILES string of the molecule is CN(C)[C@H]1CCCN(C(=O)c2ccc(-c3ccccc3)[nH]c2=O)CC1. The van der Waals surface area contributed by atoms with Crippen molar-refractivity contribution in [3.05, 3.63) is 58.4 Å². The second-order valence-electron chi connectivity index (χ2n) is 6.82. The summed E-state index contributed by atoms with van der Waals surface area (Å²) in [6, 6.07) is 13.6. The van der Waals surface area contributed by atoms with Crippen LogP contribution in [0.2, 0.25) is 0 Å². The highest BCUT2D eigenvalue weighted by molar-refractivity contribution is 5.94. The number of pyridine rings is 1. The van der Waals surface area contributed by atoms with Gasteiger partial charge < -0.3 is 14.8 Å². The number of carbonyl (C=O) groups is 1. The number of aromatic amines is 1. The molecule has 1 amide bonds. The van der Waals surface area contributed by atoms with Crippen molar-refractivity contribution in [1.29, 1.82) is 0 Å². The predicted molar refractivity (Wildman–Crippen MR) is 99.7 cm³/mol. The number of nitrogens with one attached hydrogen (secondary N) is 1. The van der Waals surface area contributed by atoms with E-state index in [0.29, 0.717) is 19.1 Å². The molecule has 1 aliphatic rings. The molecule has 5 nitrogen and oxygen atoms in total. The molecule has 1 fully saturated rings. The number of benzene rings is 1. The Morgan fingerprint density at radius 2 is 1.84 bits per heavy atom. The van der Waals surface area contributed by atoms with Crippen LogP contribution in [-0.2, 0) is 0 Å². The average Bonchev–Trinajstić information content (AvgIpc) is 2.88. The number of H-pyrrole nitrogens is 1. The predicted octanol–water partition coefficient (Wildman–Crippen LogP) is 2.60. The first-order valence-corrected chi connectivity index (χ1v) is 8.80. The minimum Gasteiger partial charge on any atom is -0.338 e. The fourth-order valence-electron chi connectivity index (χ4n) is 3.40. The van der Waals surface area contributed by atoms with Crippen molar-refractivity contribution in [3.63, 3.8) is 0 Å². The molecule has 0 spiro atoms. The lowest BCUT2D eigenvalue weighted by atomic mass is 10.1. The lowest BCUT2D eigenvalue weighted by Crippen LogP contribution is -2.36. The summed E-state index contributed by atoms with van der Waals surface area (Å²) in [6.07, 6.45) is 2.99. The number of amides is 1. The topological polar surface area (TPSA) is 56.4 Å². The van der Waals surface area contributed by atoms with Crippen molar-refractivity contribution < 1.29 is 4.79 Å². The highest BCUT2D eigenvalue weighted by atomic mass is 16.2. The van der Waals surface area contributed by atoms with Gasteiger partial charge in [0.1, 0.15) is 5.56 Å². The first-order valence-electron chi connectivity index (χ1n) is 8.80. The number of likely N-dealkylation sites (tertiary alicyclic amines) is 1. The highest BCUT2D eigenvalue weighted by Crippen LogP contribution is 2.18. The van der Waals surface area contributed by atoms with E-state index in [4.69, 9.17) is 0 Å². The van der Waals surface area contributed by atoms with Crippen LogP contribution in [0.15, 0.2) is 47.3 Å². The van der Waals surface area contributed by atoms with Gasteiger partial charge in [-0.3, -0.25) is 9.59 Å². The van der Waals surface area contributed by atoms with Gasteiger partial charge in [0.2, 0.25) is 0 Å². The maximum Gasteiger partial charge on any atom is 0.261 e. The molecule has 0 bridgehead atoms. The Morgan fingerprint density at radius 1 is 1.08 bits per heavy atom. The van der Waals surface area contributed by atoms with E-state index in [2.05, 4.69) is 24.0 Å². The zero-order valence-electron chi connectivity index (χ0n) is 14.9. The van der Waals surface area contributed by atoms with E-state index in [9.17, 15) is 9.59 Å². The molecule has 1 saturated heterocycles. The maximum atomic E-state index is 12.8. The highest BCUT2D eigenvalue weighted by Gasteiger charge is 2.24. The molecule has 0 radical (unpaired) electrons. The number of aromatic nitrogens is 1. The van der Waals surface area contributed by atoms with Crippen molar-refractivity contribution in [3.8, 4) is 11.3 Å². The van der Waals surface area contributed by atoms with Gasteiger partial charge in [0.25, 0.3) is 11.5 Å². The third kappa shape index (κ3) is 3.99. The van der Waals surface area contributed by atoms with Crippen LogP contribution in [0.1, 0.15) is 29.6 Å². The smallest absolute Gasteiger partial charge is 0.261 e. The number of carbonyl (C=O) groups excluding carboxylic acids is 1. The molecule has 2 heterocycles. The molecule has 1 atom stereocenters. The first kappa shape index (κ1) is 17.4. The third-order valence-corrected chi connectivity index (χ3v) is 4.94. The zero-order chi connectivity index (χ0) is 17.8. The lowest BCUT2D eigenvalue weighted by molar-refractivity contribution is 0.0757. The molecule has 25 heavy (non-hydrogen) atoms. The summed E-state index contributed by atoms with van der Waals surface area (Å²) in [5, 5.41) is 0. The normalized spacial score (nSPS) is 18.2. The third-order valence-electron chi connectivity index (χ3n) is 4.94. The van der Waals surface area contributed by atoms with Gasteiger partial charge in [-0.15, -0.1) is 0 Å². The minimum atomic E-state index is -0.320. The Kier molecular flexibility index (Phi) is 5.34. The minimum absolute atomic E-state index is 0.166.